The Labute approximate surface area is 157 Å². The summed E-state index contributed by atoms with van der Waals surface area (Å²) < 4.78 is 1.90. The number of rotatable bonds is 7. The van der Waals surface area contributed by atoms with Crippen LogP contribution in [0.5, 0.6) is 0 Å². The minimum Gasteiger partial charge on any atom is -0.345 e. The zero-order valence-electron chi connectivity index (χ0n) is 14.8. The van der Waals surface area contributed by atoms with Crippen molar-refractivity contribution < 1.29 is 4.79 Å². The molecule has 2 aromatic heterocycles. The van der Waals surface area contributed by atoms with Gasteiger partial charge in [-0.15, -0.1) is 10.2 Å². The summed E-state index contributed by atoms with van der Waals surface area (Å²) in [5.41, 5.74) is 2.99. The molecule has 0 bridgehead atoms. The van der Waals surface area contributed by atoms with E-state index in [4.69, 9.17) is 0 Å². The van der Waals surface area contributed by atoms with E-state index in [1.807, 2.05) is 54.2 Å². The molecule has 3 aromatic rings. The van der Waals surface area contributed by atoms with Crippen molar-refractivity contribution in [2.24, 2.45) is 7.05 Å². The van der Waals surface area contributed by atoms with Crippen molar-refractivity contribution in [2.75, 3.05) is 0 Å². The first-order valence-corrected chi connectivity index (χ1v) is 9.43. The van der Waals surface area contributed by atoms with Gasteiger partial charge in [-0.3, -0.25) is 9.78 Å². The van der Waals surface area contributed by atoms with Crippen LogP contribution >= 0.6 is 11.8 Å². The molecule has 0 unspecified atom stereocenters. The number of thioether (sulfide) groups is 1. The van der Waals surface area contributed by atoms with Gasteiger partial charge in [-0.05, 0) is 35.7 Å². The number of hydrogen-bond acceptors (Lipinski definition) is 5. The molecule has 1 amide bonds. The molecule has 26 heavy (non-hydrogen) atoms. The van der Waals surface area contributed by atoms with Crippen LogP contribution in [0.3, 0.4) is 0 Å². The zero-order chi connectivity index (χ0) is 18.4. The Morgan fingerprint density at radius 3 is 2.65 bits per heavy atom. The highest BCUT2D eigenvalue weighted by Crippen LogP contribution is 2.20. The molecule has 0 aliphatic heterocycles. The Morgan fingerprint density at radius 1 is 1.15 bits per heavy atom. The molecule has 7 heteroatoms. The van der Waals surface area contributed by atoms with Crippen molar-refractivity contribution >= 4 is 17.7 Å². The Bertz CT molecular complexity index is 861. The lowest BCUT2D eigenvalue weighted by atomic mass is 10.1. The quantitative estimate of drug-likeness (QED) is 0.650. The maximum absolute atomic E-state index is 12.3. The molecule has 0 radical (unpaired) electrons. The maximum atomic E-state index is 12.3. The smallest absolute Gasteiger partial charge is 0.251 e. The lowest BCUT2D eigenvalue weighted by Crippen LogP contribution is -2.24. The number of carbonyl (C=O) groups is 1. The number of amides is 1. The van der Waals surface area contributed by atoms with Crippen LogP contribution in [0.15, 0.2) is 53.9 Å². The molecule has 0 aliphatic rings. The number of aryl methyl sites for hydroxylation is 1. The topological polar surface area (TPSA) is 72.7 Å². The molecule has 1 aromatic carbocycles. The van der Waals surface area contributed by atoms with E-state index >= 15 is 0 Å². The summed E-state index contributed by atoms with van der Waals surface area (Å²) in [4.78, 5) is 16.4. The standard InChI is InChI=1S/C19H21N5OS/c1-3-14-6-8-16(9-7-14)18(25)21-12-17-22-23-19(24(17)2)26-13-15-5-4-10-20-11-15/h4-11H,3,12-13H2,1-2H3,(H,21,25). The fourth-order valence-electron chi connectivity index (χ4n) is 2.41. The van der Waals surface area contributed by atoms with E-state index in [0.717, 1.165) is 28.7 Å². The number of benzene rings is 1. The van der Waals surface area contributed by atoms with Crippen molar-refractivity contribution in [3.8, 4) is 0 Å². The summed E-state index contributed by atoms with van der Waals surface area (Å²) in [6.45, 7) is 2.43. The molecule has 0 fully saturated rings. The fourth-order valence-corrected chi connectivity index (χ4v) is 3.27. The van der Waals surface area contributed by atoms with Crippen molar-refractivity contribution in [3.63, 3.8) is 0 Å². The van der Waals surface area contributed by atoms with Gasteiger partial charge in [-0.1, -0.05) is 36.9 Å². The second-order valence-electron chi connectivity index (χ2n) is 5.84. The summed E-state index contributed by atoms with van der Waals surface area (Å²) in [6, 6.07) is 11.6. The first-order valence-electron chi connectivity index (χ1n) is 8.44. The minimum atomic E-state index is -0.111. The molecule has 0 saturated heterocycles. The van der Waals surface area contributed by atoms with Crippen LogP contribution in [-0.2, 0) is 25.8 Å². The first-order chi connectivity index (χ1) is 12.7. The molecular formula is C19H21N5OS. The SMILES string of the molecule is CCc1ccc(C(=O)NCc2nnc(SCc3cccnc3)n2C)cc1. The lowest BCUT2D eigenvalue weighted by Gasteiger charge is -2.06. The van der Waals surface area contributed by atoms with Crippen molar-refractivity contribution in [3.05, 3.63) is 71.3 Å². The van der Waals surface area contributed by atoms with Gasteiger partial charge in [0, 0.05) is 30.8 Å². The normalized spacial score (nSPS) is 10.7. The average molecular weight is 367 g/mol. The first kappa shape index (κ1) is 18.1. The van der Waals surface area contributed by atoms with Gasteiger partial charge in [0.15, 0.2) is 11.0 Å². The largest absolute Gasteiger partial charge is 0.345 e. The van der Waals surface area contributed by atoms with E-state index in [2.05, 4.69) is 27.4 Å². The third-order valence-corrected chi connectivity index (χ3v) is 5.14. The van der Waals surface area contributed by atoms with E-state index < -0.39 is 0 Å². The summed E-state index contributed by atoms with van der Waals surface area (Å²) in [6.07, 6.45) is 4.56. The number of pyridine rings is 1. The predicted octanol–water partition coefficient (Wildman–Crippen LogP) is 2.99. The van der Waals surface area contributed by atoms with E-state index in [9.17, 15) is 4.79 Å². The van der Waals surface area contributed by atoms with Crippen LogP contribution in [0.25, 0.3) is 0 Å². The molecule has 6 nitrogen and oxygen atoms in total. The summed E-state index contributed by atoms with van der Waals surface area (Å²) in [5, 5.41) is 12.1. The van der Waals surface area contributed by atoms with Gasteiger partial charge in [0.05, 0.1) is 6.54 Å². The molecule has 2 heterocycles. The maximum Gasteiger partial charge on any atom is 0.251 e. The van der Waals surface area contributed by atoms with Crippen LogP contribution in [0, 0.1) is 0 Å². The van der Waals surface area contributed by atoms with Crippen LogP contribution in [-0.4, -0.2) is 25.7 Å². The van der Waals surface area contributed by atoms with Crippen LogP contribution in [0.4, 0.5) is 0 Å². The van der Waals surface area contributed by atoms with E-state index in [1.165, 1.54) is 5.56 Å². The monoisotopic (exact) mass is 367 g/mol. The Morgan fingerprint density at radius 2 is 1.96 bits per heavy atom. The van der Waals surface area contributed by atoms with Crippen LogP contribution in [0.1, 0.15) is 34.2 Å². The highest BCUT2D eigenvalue weighted by atomic mass is 32.2. The van der Waals surface area contributed by atoms with E-state index in [0.29, 0.717) is 12.1 Å². The van der Waals surface area contributed by atoms with E-state index in [1.54, 1.807) is 18.0 Å². The van der Waals surface area contributed by atoms with Gasteiger partial charge >= 0.3 is 0 Å². The second-order valence-corrected chi connectivity index (χ2v) is 6.78. The lowest BCUT2D eigenvalue weighted by molar-refractivity contribution is 0.0949. The minimum absolute atomic E-state index is 0.111. The van der Waals surface area contributed by atoms with Crippen molar-refractivity contribution in [1.29, 1.82) is 0 Å². The number of aromatic nitrogens is 4. The molecule has 0 aliphatic carbocycles. The molecule has 134 valence electrons. The number of nitrogens with zero attached hydrogens (tertiary/aromatic N) is 4. The molecular weight excluding hydrogens is 346 g/mol. The van der Waals surface area contributed by atoms with Gasteiger partial charge in [0.25, 0.3) is 5.91 Å². The Balaban J connectivity index is 1.56. The van der Waals surface area contributed by atoms with Crippen LogP contribution < -0.4 is 5.32 Å². The molecule has 0 saturated carbocycles. The number of hydrogen-bond donors (Lipinski definition) is 1. The van der Waals surface area contributed by atoms with Gasteiger partial charge in [0.2, 0.25) is 0 Å². The van der Waals surface area contributed by atoms with Gasteiger partial charge in [-0.2, -0.15) is 0 Å². The highest BCUT2D eigenvalue weighted by Gasteiger charge is 2.11. The zero-order valence-corrected chi connectivity index (χ0v) is 15.7. The third-order valence-electron chi connectivity index (χ3n) is 4.05. The Kier molecular flexibility index (Phi) is 6.01. The summed E-state index contributed by atoms with van der Waals surface area (Å²) in [5.74, 6) is 1.38. The van der Waals surface area contributed by atoms with Gasteiger partial charge in [-0.25, -0.2) is 0 Å². The van der Waals surface area contributed by atoms with Gasteiger partial charge in [0.1, 0.15) is 0 Å². The third kappa shape index (κ3) is 4.49. The summed E-state index contributed by atoms with van der Waals surface area (Å²) in [7, 11) is 1.91. The highest BCUT2D eigenvalue weighted by molar-refractivity contribution is 7.98. The molecule has 3 rings (SSSR count). The van der Waals surface area contributed by atoms with Crippen LogP contribution in [0.2, 0.25) is 0 Å². The fraction of sp³-hybridized carbons (Fsp3) is 0.263. The predicted molar refractivity (Wildman–Crippen MR) is 102 cm³/mol. The average Bonchev–Trinajstić information content (AvgIpc) is 3.05. The van der Waals surface area contributed by atoms with Crippen molar-refractivity contribution in [1.82, 2.24) is 25.1 Å². The van der Waals surface area contributed by atoms with Gasteiger partial charge < -0.3 is 9.88 Å². The summed E-state index contributed by atoms with van der Waals surface area (Å²) >= 11 is 1.59. The second kappa shape index (κ2) is 8.62. The Hall–Kier alpha value is -2.67. The number of carbonyl (C=O) groups excluding carboxylic acids is 1. The van der Waals surface area contributed by atoms with Crippen molar-refractivity contribution in [2.45, 2.75) is 30.8 Å². The molecule has 0 atom stereocenters. The van der Waals surface area contributed by atoms with E-state index in [-0.39, 0.29) is 5.91 Å². The number of nitrogens with one attached hydrogen (secondary N) is 1. The molecule has 1 N–H and O–H groups in total. The molecule has 0 spiro atoms.